The number of halogens is 2. The summed E-state index contributed by atoms with van der Waals surface area (Å²) in [4.78, 5) is 12.4. The average molecular weight is 429 g/mol. The van der Waals surface area contributed by atoms with E-state index >= 15 is 0 Å². The van der Waals surface area contributed by atoms with E-state index in [1.165, 1.54) is 30.3 Å². The number of nitrogens with one attached hydrogen (secondary N) is 2. The van der Waals surface area contributed by atoms with Crippen molar-refractivity contribution >= 4 is 44.8 Å². The standard InChI is InChI=1S/C18H18Cl2N2O4S/c19-16-8-5-13(10-17(16)20)22-18(23)12-3-6-15(7-4-12)27(24,25)21-11-14-2-1-9-26-14/h3-8,10,14,21H,1-2,9,11H2,(H,22,23). The monoisotopic (exact) mass is 428 g/mol. The van der Waals surface area contributed by atoms with Gasteiger partial charge in [-0.25, -0.2) is 13.1 Å². The van der Waals surface area contributed by atoms with Crippen LogP contribution < -0.4 is 10.0 Å². The second-order valence-corrected chi connectivity index (χ2v) is 8.68. The van der Waals surface area contributed by atoms with Crippen molar-refractivity contribution in [2.45, 2.75) is 23.8 Å². The van der Waals surface area contributed by atoms with E-state index in [0.29, 0.717) is 27.9 Å². The van der Waals surface area contributed by atoms with Crippen LogP contribution in [0.4, 0.5) is 5.69 Å². The Morgan fingerprint density at radius 2 is 1.85 bits per heavy atom. The molecule has 1 amide bonds. The van der Waals surface area contributed by atoms with Gasteiger partial charge in [0, 0.05) is 24.4 Å². The highest BCUT2D eigenvalue weighted by Crippen LogP contribution is 2.25. The lowest BCUT2D eigenvalue weighted by Crippen LogP contribution is -2.31. The fourth-order valence-electron chi connectivity index (χ4n) is 2.65. The van der Waals surface area contributed by atoms with Crippen LogP contribution in [-0.2, 0) is 14.8 Å². The summed E-state index contributed by atoms with van der Waals surface area (Å²) in [6, 6.07) is 10.4. The topological polar surface area (TPSA) is 84.5 Å². The van der Waals surface area contributed by atoms with Gasteiger partial charge < -0.3 is 10.1 Å². The lowest BCUT2D eigenvalue weighted by molar-refractivity contribution is 0.102. The molecule has 2 N–H and O–H groups in total. The molecule has 27 heavy (non-hydrogen) atoms. The highest BCUT2D eigenvalue weighted by atomic mass is 35.5. The van der Waals surface area contributed by atoms with E-state index in [-0.39, 0.29) is 23.5 Å². The summed E-state index contributed by atoms with van der Waals surface area (Å²) in [5.74, 6) is -0.385. The van der Waals surface area contributed by atoms with Crippen LogP contribution in [0.25, 0.3) is 0 Å². The van der Waals surface area contributed by atoms with Gasteiger partial charge in [-0.15, -0.1) is 0 Å². The summed E-state index contributed by atoms with van der Waals surface area (Å²) < 4.78 is 32.6. The van der Waals surface area contributed by atoms with Crippen LogP contribution >= 0.6 is 23.2 Å². The Bertz CT molecular complexity index is 927. The molecule has 6 nitrogen and oxygen atoms in total. The molecule has 2 aromatic rings. The first-order chi connectivity index (χ1) is 12.8. The largest absolute Gasteiger partial charge is 0.377 e. The molecule has 3 rings (SSSR count). The van der Waals surface area contributed by atoms with Gasteiger partial charge in [-0.05, 0) is 55.3 Å². The van der Waals surface area contributed by atoms with Crippen molar-refractivity contribution in [2.75, 3.05) is 18.5 Å². The maximum atomic E-state index is 12.3. The number of carbonyl (C=O) groups excluding carboxylic acids is 1. The lowest BCUT2D eigenvalue weighted by atomic mass is 10.2. The van der Waals surface area contributed by atoms with Gasteiger partial charge >= 0.3 is 0 Å². The summed E-state index contributed by atoms with van der Waals surface area (Å²) >= 11 is 11.8. The third kappa shape index (κ3) is 5.21. The Morgan fingerprint density at radius 1 is 1.11 bits per heavy atom. The predicted octanol–water partition coefficient (Wildman–Crippen LogP) is 3.70. The highest BCUT2D eigenvalue weighted by Gasteiger charge is 2.20. The van der Waals surface area contributed by atoms with E-state index in [1.807, 2.05) is 0 Å². The van der Waals surface area contributed by atoms with Crippen molar-refractivity contribution in [1.82, 2.24) is 4.72 Å². The van der Waals surface area contributed by atoms with E-state index in [1.54, 1.807) is 12.1 Å². The van der Waals surface area contributed by atoms with Crippen molar-refractivity contribution in [3.8, 4) is 0 Å². The first-order valence-electron chi connectivity index (χ1n) is 8.33. The van der Waals surface area contributed by atoms with Crippen molar-refractivity contribution in [2.24, 2.45) is 0 Å². The van der Waals surface area contributed by atoms with Crippen LogP contribution in [0.3, 0.4) is 0 Å². The number of ether oxygens (including phenoxy) is 1. The number of carbonyl (C=O) groups is 1. The summed E-state index contributed by atoms with van der Waals surface area (Å²) in [6.07, 6.45) is 1.70. The van der Waals surface area contributed by atoms with E-state index < -0.39 is 10.0 Å². The van der Waals surface area contributed by atoms with Gasteiger partial charge in [0.1, 0.15) is 0 Å². The minimum atomic E-state index is -3.65. The van der Waals surface area contributed by atoms with Crippen molar-refractivity contribution in [3.63, 3.8) is 0 Å². The molecule has 1 aliphatic heterocycles. The minimum absolute atomic E-state index is 0.0870. The second kappa shape index (κ2) is 8.58. The molecule has 1 unspecified atom stereocenters. The maximum absolute atomic E-state index is 12.3. The SMILES string of the molecule is O=C(Nc1ccc(Cl)c(Cl)c1)c1ccc(S(=O)(=O)NCC2CCCO2)cc1. The molecule has 0 radical (unpaired) electrons. The first kappa shape index (κ1) is 20.1. The van der Waals surface area contributed by atoms with Gasteiger partial charge in [-0.3, -0.25) is 4.79 Å². The van der Waals surface area contributed by atoms with E-state index in [9.17, 15) is 13.2 Å². The summed E-state index contributed by atoms with van der Waals surface area (Å²) in [6.45, 7) is 0.900. The molecule has 1 heterocycles. The van der Waals surface area contributed by atoms with Gasteiger partial charge in [0.25, 0.3) is 5.91 Å². The molecule has 1 aliphatic rings. The first-order valence-corrected chi connectivity index (χ1v) is 10.6. The number of hydrogen-bond donors (Lipinski definition) is 2. The summed E-state index contributed by atoms with van der Waals surface area (Å²) in [5, 5.41) is 3.40. The number of hydrogen-bond acceptors (Lipinski definition) is 4. The summed E-state index contributed by atoms with van der Waals surface area (Å²) in [7, 11) is -3.65. The fourth-order valence-corrected chi connectivity index (χ4v) is 4.02. The number of amides is 1. The highest BCUT2D eigenvalue weighted by molar-refractivity contribution is 7.89. The Morgan fingerprint density at radius 3 is 2.48 bits per heavy atom. The molecule has 0 saturated carbocycles. The van der Waals surface area contributed by atoms with Crippen molar-refractivity contribution < 1.29 is 17.9 Å². The van der Waals surface area contributed by atoms with Gasteiger partial charge in [-0.2, -0.15) is 0 Å². The van der Waals surface area contributed by atoms with Crippen LogP contribution in [0.2, 0.25) is 10.0 Å². The maximum Gasteiger partial charge on any atom is 0.255 e. The molecule has 0 spiro atoms. The van der Waals surface area contributed by atoms with Crippen LogP contribution in [0.15, 0.2) is 47.4 Å². The molecule has 9 heteroatoms. The van der Waals surface area contributed by atoms with Gasteiger partial charge in [-0.1, -0.05) is 23.2 Å². The molecular formula is C18H18Cl2N2O4S. The number of rotatable bonds is 6. The minimum Gasteiger partial charge on any atom is -0.377 e. The van der Waals surface area contributed by atoms with Crippen LogP contribution in [-0.4, -0.2) is 33.6 Å². The molecule has 144 valence electrons. The zero-order valence-electron chi connectivity index (χ0n) is 14.2. The quantitative estimate of drug-likeness (QED) is 0.734. The number of anilines is 1. The summed E-state index contributed by atoms with van der Waals surface area (Å²) in [5.41, 5.74) is 0.809. The van der Waals surface area contributed by atoms with Gasteiger partial charge in [0.15, 0.2) is 0 Å². The van der Waals surface area contributed by atoms with Crippen LogP contribution in [0.1, 0.15) is 23.2 Å². The molecule has 0 aliphatic carbocycles. The molecule has 1 fully saturated rings. The number of sulfonamides is 1. The predicted molar refractivity (Wildman–Crippen MR) is 105 cm³/mol. The molecular weight excluding hydrogens is 411 g/mol. The Hall–Kier alpha value is -1.64. The molecule has 0 bridgehead atoms. The van der Waals surface area contributed by atoms with E-state index in [2.05, 4.69) is 10.0 Å². The smallest absolute Gasteiger partial charge is 0.255 e. The van der Waals surface area contributed by atoms with Crippen LogP contribution in [0.5, 0.6) is 0 Å². The second-order valence-electron chi connectivity index (χ2n) is 6.09. The lowest BCUT2D eigenvalue weighted by Gasteiger charge is -2.12. The third-order valence-corrected chi connectivity index (χ3v) is 6.31. The van der Waals surface area contributed by atoms with Gasteiger partial charge in [0.2, 0.25) is 10.0 Å². The zero-order valence-corrected chi connectivity index (χ0v) is 16.6. The molecule has 1 atom stereocenters. The van der Waals surface area contributed by atoms with E-state index in [0.717, 1.165) is 12.8 Å². The normalized spacial score (nSPS) is 17.0. The van der Waals surface area contributed by atoms with Gasteiger partial charge in [0.05, 0.1) is 21.0 Å². The van der Waals surface area contributed by atoms with Crippen LogP contribution in [0, 0.1) is 0 Å². The van der Waals surface area contributed by atoms with Crippen molar-refractivity contribution in [1.29, 1.82) is 0 Å². The fraction of sp³-hybridized carbons (Fsp3) is 0.278. The Balaban J connectivity index is 1.64. The number of benzene rings is 2. The molecule has 2 aromatic carbocycles. The van der Waals surface area contributed by atoms with Crippen molar-refractivity contribution in [3.05, 3.63) is 58.1 Å². The zero-order chi connectivity index (χ0) is 19.4. The van der Waals surface area contributed by atoms with E-state index in [4.69, 9.17) is 27.9 Å². The molecule has 0 aromatic heterocycles. The third-order valence-electron chi connectivity index (χ3n) is 4.13. The Kier molecular flexibility index (Phi) is 6.39. The average Bonchev–Trinajstić information content (AvgIpc) is 3.17. The molecule has 1 saturated heterocycles. The Labute approximate surface area is 167 Å².